The number of amides is 1. The summed E-state index contributed by atoms with van der Waals surface area (Å²) < 4.78 is 10.2. The van der Waals surface area contributed by atoms with E-state index in [1.807, 2.05) is 4.90 Å². The molecule has 0 radical (unpaired) electrons. The summed E-state index contributed by atoms with van der Waals surface area (Å²) >= 11 is 0. The molecule has 6 nitrogen and oxygen atoms in total. The van der Waals surface area contributed by atoms with E-state index in [2.05, 4.69) is 10.1 Å². The number of aryl methyl sites for hydroxylation is 1. The SMILES string of the molecule is Cc1nc([C@@]23CCC[C@@H]2CN(C(=O)c2ccoc2)C3)no1. The Labute approximate surface area is 122 Å². The Morgan fingerprint density at radius 1 is 1.52 bits per heavy atom. The highest BCUT2D eigenvalue weighted by Gasteiger charge is 2.54. The minimum absolute atomic E-state index is 0.0257. The standard InChI is InChI=1S/C15H17N3O3/c1-10-16-14(17-21-10)15-5-2-3-12(15)7-18(9-15)13(19)11-4-6-20-8-11/h4,6,8,12H,2-3,5,7,9H2,1H3/t12-,15-/m1/s1. The fourth-order valence-corrected chi connectivity index (χ4v) is 3.88. The van der Waals surface area contributed by atoms with Crippen LogP contribution in [0.3, 0.4) is 0 Å². The lowest BCUT2D eigenvalue weighted by Gasteiger charge is -2.24. The third kappa shape index (κ3) is 1.81. The van der Waals surface area contributed by atoms with Crippen LogP contribution >= 0.6 is 0 Å². The van der Waals surface area contributed by atoms with Crippen LogP contribution in [0.4, 0.5) is 0 Å². The van der Waals surface area contributed by atoms with Crippen molar-refractivity contribution in [1.29, 1.82) is 0 Å². The summed E-state index contributed by atoms with van der Waals surface area (Å²) in [7, 11) is 0. The Morgan fingerprint density at radius 3 is 3.14 bits per heavy atom. The summed E-state index contributed by atoms with van der Waals surface area (Å²) in [5.41, 5.74) is 0.478. The fourth-order valence-electron chi connectivity index (χ4n) is 3.88. The number of furan rings is 1. The second-order valence-electron chi connectivity index (χ2n) is 6.08. The van der Waals surface area contributed by atoms with Gasteiger partial charge in [-0.2, -0.15) is 4.98 Å². The zero-order chi connectivity index (χ0) is 14.4. The molecule has 1 aliphatic heterocycles. The molecule has 1 aliphatic carbocycles. The van der Waals surface area contributed by atoms with Gasteiger partial charge in [0.15, 0.2) is 5.82 Å². The topological polar surface area (TPSA) is 72.4 Å². The lowest BCUT2D eigenvalue weighted by Crippen LogP contribution is -2.35. The van der Waals surface area contributed by atoms with Crippen molar-refractivity contribution < 1.29 is 13.7 Å². The molecule has 0 unspecified atom stereocenters. The van der Waals surface area contributed by atoms with E-state index in [1.54, 1.807) is 13.0 Å². The second-order valence-corrected chi connectivity index (χ2v) is 6.08. The van der Waals surface area contributed by atoms with Crippen LogP contribution in [-0.2, 0) is 5.41 Å². The van der Waals surface area contributed by atoms with Crippen LogP contribution in [0.5, 0.6) is 0 Å². The van der Waals surface area contributed by atoms with E-state index < -0.39 is 0 Å². The highest BCUT2D eigenvalue weighted by molar-refractivity contribution is 5.94. The molecule has 1 saturated heterocycles. The van der Waals surface area contributed by atoms with Gasteiger partial charge in [-0.3, -0.25) is 4.79 Å². The maximum Gasteiger partial charge on any atom is 0.257 e. The average Bonchev–Trinajstić information content (AvgIpc) is 3.21. The molecule has 0 spiro atoms. The van der Waals surface area contributed by atoms with Crippen LogP contribution in [0.25, 0.3) is 0 Å². The largest absolute Gasteiger partial charge is 0.472 e. The lowest BCUT2D eigenvalue weighted by molar-refractivity contribution is 0.0776. The van der Waals surface area contributed by atoms with Crippen LogP contribution in [0, 0.1) is 12.8 Å². The van der Waals surface area contributed by atoms with Crippen molar-refractivity contribution in [3.8, 4) is 0 Å². The Bertz CT molecular complexity index is 664. The summed E-state index contributed by atoms with van der Waals surface area (Å²) in [6.07, 6.45) is 6.32. The van der Waals surface area contributed by atoms with E-state index in [0.717, 1.165) is 31.6 Å². The number of aromatic nitrogens is 2. The summed E-state index contributed by atoms with van der Waals surface area (Å²) in [4.78, 5) is 18.9. The molecule has 2 fully saturated rings. The van der Waals surface area contributed by atoms with Gasteiger partial charge in [0, 0.05) is 20.0 Å². The molecule has 21 heavy (non-hydrogen) atoms. The Kier molecular flexibility index (Phi) is 2.67. The summed E-state index contributed by atoms with van der Waals surface area (Å²) in [5.74, 6) is 1.80. The first kappa shape index (κ1) is 12.6. The Balaban J connectivity index is 1.65. The van der Waals surface area contributed by atoms with Crippen LogP contribution in [0.1, 0.15) is 41.3 Å². The van der Waals surface area contributed by atoms with Gasteiger partial charge in [-0.25, -0.2) is 0 Å². The van der Waals surface area contributed by atoms with Crippen LogP contribution in [0.2, 0.25) is 0 Å². The predicted octanol–water partition coefficient (Wildman–Crippen LogP) is 2.16. The number of hydrogen-bond acceptors (Lipinski definition) is 5. The smallest absolute Gasteiger partial charge is 0.257 e. The van der Waals surface area contributed by atoms with Gasteiger partial charge in [-0.1, -0.05) is 11.6 Å². The van der Waals surface area contributed by atoms with Crippen molar-refractivity contribution in [2.24, 2.45) is 5.92 Å². The number of carbonyl (C=O) groups is 1. The van der Waals surface area contributed by atoms with Gasteiger partial charge in [-0.05, 0) is 24.8 Å². The average molecular weight is 287 g/mol. The third-order valence-electron chi connectivity index (χ3n) is 4.90. The minimum atomic E-state index is -0.128. The molecule has 1 amide bonds. The minimum Gasteiger partial charge on any atom is -0.472 e. The fraction of sp³-hybridized carbons (Fsp3) is 0.533. The molecule has 2 atom stereocenters. The lowest BCUT2D eigenvalue weighted by atomic mass is 9.80. The van der Waals surface area contributed by atoms with Crippen LogP contribution < -0.4 is 0 Å². The highest BCUT2D eigenvalue weighted by atomic mass is 16.5. The van der Waals surface area contributed by atoms with Gasteiger partial charge in [0.05, 0.1) is 17.2 Å². The van der Waals surface area contributed by atoms with Crippen molar-refractivity contribution in [3.63, 3.8) is 0 Å². The van der Waals surface area contributed by atoms with Crippen LogP contribution in [0.15, 0.2) is 27.5 Å². The molecule has 6 heteroatoms. The van der Waals surface area contributed by atoms with E-state index in [1.165, 1.54) is 12.5 Å². The number of carbonyl (C=O) groups excluding carboxylic acids is 1. The number of nitrogens with zero attached hydrogens (tertiary/aromatic N) is 3. The Morgan fingerprint density at radius 2 is 2.43 bits per heavy atom. The maximum absolute atomic E-state index is 12.5. The molecule has 4 rings (SSSR count). The molecule has 1 saturated carbocycles. The summed E-state index contributed by atoms with van der Waals surface area (Å²) in [6, 6.07) is 1.71. The van der Waals surface area contributed by atoms with Crippen LogP contribution in [-0.4, -0.2) is 34.0 Å². The molecule has 0 bridgehead atoms. The zero-order valence-corrected chi connectivity index (χ0v) is 11.9. The van der Waals surface area contributed by atoms with E-state index in [0.29, 0.717) is 23.9 Å². The predicted molar refractivity (Wildman–Crippen MR) is 72.7 cm³/mol. The maximum atomic E-state index is 12.5. The zero-order valence-electron chi connectivity index (χ0n) is 11.9. The van der Waals surface area contributed by atoms with Crippen molar-refractivity contribution in [2.75, 3.05) is 13.1 Å². The first-order chi connectivity index (χ1) is 10.2. The number of rotatable bonds is 2. The quantitative estimate of drug-likeness (QED) is 0.846. The van der Waals surface area contributed by atoms with Crippen molar-refractivity contribution in [2.45, 2.75) is 31.6 Å². The molecule has 2 aliphatic rings. The van der Waals surface area contributed by atoms with Crippen molar-refractivity contribution in [1.82, 2.24) is 15.0 Å². The number of fused-ring (bicyclic) bond motifs is 1. The normalized spacial score (nSPS) is 28.0. The first-order valence-electron chi connectivity index (χ1n) is 7.31. The third-order valence-corrected chi connectivity index (χ3v) is 4.90. The first-order valence-corrected chi connectivity index (χ1v) is 7.31. The molecule has 0 aromatic carbocycles. The van der Waals surface area contributed by atoms with Gasteiger partial charge in [0.2, 0.25) is 5.89 Å². The van der Waals surface area contributed by atoms with Gasteiger partial charge in [-0.15, -0.1) is 0 Å². The molecule has 2 aromatic rings. The molecular weight excluding hydrogens is 270 g/mol. The van der Waals surface area contributed by atoms with Gasteiger partial charge in [0.1, 0.15) is 6.26 Å². The molecule has 110 valence electrons. The van der Waals surface area contributed by atoms with E-state index in [9.17, 15) is 4.79 Å². The summed E-state index contributed by atoms with van der Waals surface area (Å²) in [5, 5.41) is 4.15. The number of hydrogen-bond donors (Lipinski definition) is 0. The monoisotopic (exact) mass is 287 g/mol. The van der Waals surface area contributed by atoms with Crippen molar-refractivity contribution >= 4 is 5.91 Å². The molecule has 3 heterocycles. The molecule has 0 N–H and O–H groups in total. The van der Waals surface area contributed by atoms with E-state index in [4.69, 9.17) is 8.94 Å². The Hall–Kier alpha value is -2.11. The molecule has 2 aromatic heterocycles. The van der Waals surface area contributed by atoms with Gasteiger partial charge >= 0.3 is 0 Å². The summed E-state index contributed by atoms with van der Waals surface area (Å²) in [6.45, 7) is 3.23. The van der Waals surface area contributed by atoms with Crippen molar-refractivity contribution in [3.05, 3.63) is 35.9 Å². The van der Waals surface area contributed by atoms with Gasteiger partial charge < -0.3 is 13.8 Å². The highest BCUT2D eigenvalue weighted by Crippen LogP contribution is 2.49. The van der Waals surface area contributed by atoms with E-state index in [-0.39, 0.29) is 11.3 Å². The van der Waals surface area contributed by atoms with Gasteiger partial charge in [0.25, 0.3) is 5.91 Å². The number of likely N-dealkylation sites (tertiary alicyclic amines) is 1. The van der Waals surface area contributed by atoms with E-state index >= 15 is 0 Å². The second kappa shape index (κ2) is 4.44. The molecular formula is C15H17N3O3.